The molecule has 0 fully saturated rings. The molecule has 1 atom stereocenters. The zero-order valence-electron chi connectivity index (χ0n) is 14.0. The van der Waals surface area contributed by atoms with Crippen LogP contribution in [0.25, 0.3) is 21.3 Å². The van der Waals surface area contributed by atoms with Crippen LogP contribution < -0.4 is 0 Å². The molecule has 0 unspecified atom stereocenters. The number of rotatable bonds is 5. The number of thiophene rings is 1. The first-order valence-electron chi connectivity index (χ1n) is 7.81. The van der Waals surface area contributed by atoms with Gasteiger partial charge in [0, 0.05) is 10.9 Å². The first-order chi connectivity index (χ1) is 12.0. The highest BCUT2D eigenvalue weighted by Gasteiger charge is 2.21. The Hall–Kier alpha value is -1.99. The monoisotopic (exact) mass is 376 g/mol. The van der Waals surface area contributed by atoms with Gasteiger partial charge in [0.1, 0.15) is 27.3 Å². The van der Waals surface area contributed by atoms with Crippen LogP contribution in [0.4, 0.5) is 4.39 Å². The van der Waals surface area contributed by atoms with Crippen LogP contribution >= 0.6 is 23.1 Å². The maximum atomic E-state index is 13.2. The molecule has 2 aromatic heterocycles. The van der Waals surface area contributed by atoms with E-state index in [1.54, 1.807) is 19.1 Å². The zero-order chi connectivity index (χ0) is 18.0. The number of carbonyl (C=O) groups excluding carboxylic acids is 1. The zero-order valence-corrected chi connectivity index (χ0v) is 15.7. The molecular weight excluding hydrogens is 359 g/mol. The van der Waals surface area contributed by atoms with Gasteiger partial charge in [-0.15, -0.1) is 11.3 Å². The van der Waals surface area contributed by atoms with Crippen molar-refractivity contribution in [3.8, 4) is 11.1 Å². The third kappa shape index (κ3) is 3.99. The lowest BCUT2D eigenvalue weighted by Crippen LogP contribution is -2.20. The Bertz CT molecular complexity index is 894. The lowest BCUT2D eigenvalue weighted by atomic mass is 10.1. The minimum atomic E-state index is -0.388. The van der Waals surface area contributed by atoms with Crippen molar-refractivity contribution in [1.29, 1.82) is 0 Å². The van der Waals surface area contributed by atoms with Crippen LogP contribution in [0.1, 0.15) is 20.8 Å². The van der Waals surface area contributed by atoms with Crippen LogP contribution in [0.5, 0.6) is 0 Å². The molecule has 4 nitrogen and oxygen atoms in total. The van der Waals surface area contributed by atoms with E-state index in [2.05, 4.69) is 9.97 Å². The van der Waals surface area contributed by atoms with Crippen molar-refractivity contribution in [3.05, 3.63) is 41.8 Å². The summed E-state index contributed by atoms with van der Waals surface area (Å²) < 4.78 is 18.5. The van der Waals surface area contributed by atoms with Crippen molar-refractivity contribution in [1.82, 2.24) is 9.97 Å². The van der Waals surface area contributed by atoms with Gasteiger partial charge in [0.15, 0.2) is 0 Å². The summed E-state index contributed by atoms with van der Waals surface area (Å²) in [6, 6.07) is 6.32. The number of fused-ring (bicyclic) bond motifs is 1. The van der Waals surface area contributed by atoms with Crippen LogP contribution in [-0.4, -0.2) is 27.3 Å². The highest BCUT2D eigenvalue weighted by Crippen LogP contribution is 2.39. The molecule has 0 amide bonds. The first-order valence-corrected chi connectivity index (χ1v) is 9.57. The lowest BCUT2D eigenvalue weighted by Gasteiger charge is -2.13. The smallest absolute Gasteiger partial charge is 0.319 e. The van der Waals surface area contributed by atoms with Gasteiger partial charge in [0.05, 0.1) is 11.5 Å². The van der Waals surface area contributed by atoms with Crippen LogP contribution in [0.3, 0.4) is 0 Å². The van der Waals surface area contributed by atoms with Gasteiger partial charge in [0.2, 0.25) is 0 Å². The normalized spacial score (nSPS) is 12.5. The summed E-state index contributed by atoms with van der Waals surface area (Å²) in [5.74, 6) is -0.551. The summed E-state index contributed by atoms with van der Waals surface area (Å²) in [4.78, 5) is 21.6. The quantitative estimate of drug-likeness (QED) is 0.359. The summed E-state index contributed by atoms with van der Waals surface area (Å²) in [7, 11) is 0. The summed E-state index contributed by atoms with van der Waals surface area (Å²) in [6.07, 6.45) is 1.34. The summed E-state index contributed by atoms with van der Waals surface area (Å²) in [5, 5.41) is 3.20. The summed E-state index contributed by atoms with van der Waals surface area (Å²) in [5.41, 5.74) is 1.83. The molecule has 0 aliphatic rings. The first kappa shape index (κ1) is 17.8. The molecule has 7 heteroatoms. The number of hydrogen-bond donors (Lipinski definition) is 0. The second-order valence-electron chi connectivity index (χ2n) is 5.76. The number of aromatic nitrogens is 2. The second kappa shape index (κ2) is 7.49. The van der Waals surface area contributed by atoms with Crippen LogP contribution in [0, 0.1) is 5.82 Å². The number of benzene rings is 1. The molecule has 0 aliphatic carbocycles. The molecule has 25 heavy (non-hydrogen) atoms. The van der Waals surface area contributed by atoms with E-state index in [1.165, 1.54) is 41.6 Å². The van der Waals surface area contributed by atoms with Crippen molar-refractivity contribution >= 4 is 39.3 Å². The Morgan fingerprint density at radius 3 is 2.60 bits per heavy atom. The van der Waals surface area contributed by atoms with Crippen molar-refractivity contribution in [2.75, 3.05) is 0 Å². The Morgan fingerprint density at radius 2 is 1.92 bits per heavy atom. The van der Waals surface area contributed by atoms with Gasteiger partial charge in [-0.3, -0.25) is 4.79 Å². The van der Waals surface area contributed by atoms with Gasteiger partial charge in [0.25, 0.3) is 0 Å². The highest BCUT2D eigenvalue weighted by atomic mass is 32.2. The molecule has 0 aliphatic heterocycles. The molecule has 0 bridgehead atoms. The lowest BCUT2D eigenvalue weighted by molar-refractivity contribution is -0.146. The second-order valence-corrected chi connectivity index (χ2v) is 7.95. The fraction of sp³-hybridized carbons (Fsp3) is 0.278. The van der Waals surface area contributed by atoms with Gasteiger partial charge in [-0.25, -0.2) is 14.4 Å². The molecule has 1 aromatic carbocycles. The maximum Gasteiger partial charge on any atom is 0.319 e. The van der Waals surface area contributed by atoms with Crippen LogP contribution in [-0.2, 0) is 9.53 Å². The van der Waals surface area contributed by atoms with Crippen molar-refractivity contribution < 1.29 is 13.9 Å². The third-order valence-corrected chi connectivity index (χ3v) is 5.43. The fourth-order valence-corrected chi connectivity index (χ4v) is 4.22. The molecule has 0 saturated carbocycles. The molecule has 130 valence electrons. The molecule has 0 radical (unpaired) electrons. The number of thioether (sulfide) groups is 1. The topological polar surface area (TPSA) is 52.1 Å². The van der Waals surface area contributed by atoms with Gasteiger partial charge in [-0.1, -0.05) is 23.9 Å². The molecule has 2 heterocycles. The van der Waals surface area contributed by atoms with Gasteiger partial charge < -0.3 is 4.74 Å². The largest absolute Gasteiger partial charge is 0.462 e. The maximum absolute atomic E-state index is 13.2. The van der Waals surface area contributed by atoms with E-state index in [1.807, 2.05) is 19.2 Å². The van der Waals surface area contributed by atoms with E-state index in [0.717, 1.165) is 26.4 Å². The molecule has 0 spiro atoms. The Balaban J connectivity index is 1.97. The Kier molecular flexibility index (Phi) is 5.34. The van der Waals surface area contributed by atoms with E-state index < -0.39 is 0 Å². The fourth-order valence-electron chi connectivity index (χ4n) is 2.32. The Morgan fingerprint density at radius 1 is 1.20 bits per heavy atom. The number of ether oxygens (including phenoxy) is 1. The number of hydrogen-bond acceptors (Lipinski definition) is 6. The van der Waals surface area contributed by atoms with Crippen LogP contribution in [0.2, 0.25) is 0 Å². The minimum absolute atomic E-state index is 0.156. The van der Waals surface area contributed by atoms with E-state index in [0.29, 0.717) is 0 Å². The highest BCUT2D eigenvalue weighted by molar-refractivity contribution is 8.00. The van der Waals surface area contributed by atoms with Crippen molar-refractivity contribution in [3.63, 3.8) is 0 Å². The Labute approximate surface area is 153 Å². The number of esters is 1. The number of nitrogens with zero attached hydrogens (tertiary/aromatic N) is 2. The molecule has 3 aromatic rings. The van der Waals surface area contributed by atoms with Crippen LogP contribution in [0.15, 0.2) is 41.0 Å². The van der Waals surface area contributed by atoms with E-state index in [9.17, 15) is 9.18 Å². The summed E-state index contributed by atoms with van der Waals surface area (Å²) in [6.45, 7) is 5.45. The van der Waals surface area contributed by atoms with Gasteiger partial charge >= 0.3 is 5.97 Å². The van der Waals surface area contributed by atoms with E-state index in [-0.39, 0.29) is 23.1 Å². The van der Waals surface area contributed by atoms with E-state index >= 15 is 0 Å². The molecule has 3 rings (SSSR count). The average molecular weight is 376 g/mol. The molecule has 0 N–H and O–H groups in total. The number of carbonyl (C=O) groups is 1. The third-order valence-electron chi connectivity index (χ3n) is 3.46. The molecular formula is C18H17FN2O2S2. The predicted octanol–water partition coefficient (Wildman–Crippen LogP) is 4.93. The van der Waals surface area contributed by atoms with Crippen molar-refractivity contribution in [2.24, 2.45) is 0 Å². The minimum Gasteiger partial charge on any atom is -0.462 e. The van der Waals surface area contributed by atoms with Gasteiger partial charge in [-0.2, -0.15) is 0 Å². The SMILES string of the molecule is CC(C)OC(=O)[C@H](C)Sc1ncnc2scc(-c3ccc(F)cc3)c12. The summed E-state index contributed by atoms with van der Waals surface area (Å²) >= 11 is 2.85. The van der Waals surface area contributed by atoms with E-state index in [4.69, 9.17) is 4.74 Å². The standard InChI is InChI=1S/C18H17FN2O2S2/c1-10(2)23-18(22)11(3)25-17-15-14(8-24-16(15)20-9-21-17)12-4-6-13(19)7-5-12/h4-11H,1-3H3/t11-/m0/s1. The van der Waals surface area contributed by atoms with Crippen molar-refractivity contribution in [2.45, 2.75) is 37.2 Å². The number of halogens is 1. The average Bonchev–Trinajstić information content (AvgIpc) is 3.00. The van der Waals surface area contributed by atoms with Gasteiger partial charge in [-0.05, 0) is 38.5 Å². The predicted molar refractivity (Wildman–Crippen MR) is 99.4 cm³/mol. The molecule has 0 saturated heterocycles.